The van der Waals surface area contributed by atoms with Crippen LogP contribution in [0.3, 0.4) is 0 Å². The van der Waals surface area contributed by atoms with Gasteiger partial charge >= 0.3 is 0 Å². The van der Waals surface area contributed by atoms with Gasteiger partial charge in [0, 0.05) is 11.9 Å². The molecule has 2 aromatic carbocycles. The van der Waals surface area contributed by atoms with Crippen molar-refractivity contribution in [2.24, 2.45) is 5.92 Å². The number of aromatic nitrogens is 2. The highest BCUT2D eigenvalue weighted by atomic mass is 14.9. The summed E-state index contributed by atoms with van der Waals surface area (Å²) in [6, 6.07) is 13.3. The van der Waals surface area contributed by atoms with Crippen LogP contribution in [0.15, 0.2) is 48.9 Å². The maximum absolute atomic E-state index is 4.18. The molecule has 1 N–H and O–H groups in total. The number of nitrogens with one attached hydrogen (secondary N) is 1. The Morgan fingerprint density at radius 1 is 0.714 bits per heavy atom. The first-order valence-electron chi connectivity index (χ1n) is 10.6. The van der Waals surface area contributed by atoms with Crippen molar-refractivity contribution < 1.29 is 0 Å². The van der Waals surface area contributed by atoms with Gasteiger partial charge in [-0.3, -0.25) is 0 Å². The van der Waals surface area contributed by atoms with Gasteiger partial charge in [-0.25, -0.2) is 4.98 Å². The van der Waals surface area contributed by atoms with Gasteiger partial charge < -0.3 is 4.98 Å². The Morgan fingerprint density at radius 2 is 1.18 bits per heavy atom. The number of benzene rings is 2. The Hall–Kier alpha value is -2.35. The molecule has 0 unspecified atom stereocenters. The minimum atomic E-state index is 0.723. The Morgan fingerprint density at radius 3 is 1.61 bits per heavy atom. The van der Waals surface area contributed by atoms with Crippen LogP contribution in [0, 0.1) is 33.6 Å². The normalized spacial score (nSPS) is 11.3. The molecule has 0 atom stereocenters. The van der Waals surface area contributed by atoms with E-state index in [-0.39, 0.29) is 0 Å². The van der Waals surface area contributed by atoms with E-state index in [1.807, 2.05) is 6.20 Å². The molecule has 0 bridgehead atoms. The summed E-state index contributed by atoms with van der Waals surface area (Å²) < 4.78 is 0. The van der Waals surface area contributed by atoms with E-state index in [9.17, 15) is 0 Å². The lowest BCUT2D eigenvalue weighted by Gasteiger charge is -2.19. The van der Waals surface area contributed by atoms with Crippen LogP contribution in [0.1, 0.15) is 58.3 Å². The summed E-state index contributed by atoms with van der Waals surface area (Å²) >= 11 is 0. The lowest BCUT2D eigenvalue weighted by atomic mass is 9.86. The third-order valence-corrected chi connectivity index (χ3v) is 6.27. The van der Waals surface area contributed by atoms with Crippen molar-refractivity contribution in [2.75, 3.05) is 0 Å². The zero-order valence-electron chi connectivity index (χ0n) is 17.9. The quantitative estimate of drug-likeness (QED) is 0.457. The molecule has 0 spiro atoms. The van der Waals surface area contributed by atoms with Gasteiger partial charge in [0.2, 0.25) is 0 Å². The van der Waals surface area contributed by atoms with Crippen LogP contribution < -0.4 is 0 Å². The van der Waals surface area contributed by atoms with Gasteiger partial charge in [-0.2, -0.15) is 0 Å². The van der Waals surface area contributed by atoms with Gasteiger partial charge in [0.1, 0.15) is 0 Å². The number of imidazole rings is 1. The highest BCUT2D eigenvalue weighted by molar-refractivity contribution is 5.34. The average molecular weight is 375 g/mol. The number of rotatable bonds is 9. The number of hydrogen-bond donors (Lipinski definition) is 1. The molecule has 1 aromatic heterocycles. The summed E-state index contributed by atoms with van der Waals surface area (Å²) in [7, 11) is 0. The molecule has 0 amide bonds. The topological polar surface area (TPSA) is 28.7 Å². The maximum Gasteiger partial charge on any atom is 0.0921 e. The van der Waals surface area contributed by atoms with Crippen LogP contribution in [0.5, 0.6) is 0 Å². The number of H-pyrrole nitrogens is 1. The Labute approximate surface area is 170 Å². The van der Waals surface area contributed by atoms with Crippen molar-refractivity contribution in [2.45, 2.75) is 66.2 Å². The fourth-order valence-corrected chi connectivity index (χ4v) is 4.40. The molecule has 2 nitrogen and oxygen atoms in total. The molecule has 28 heavy (non-hydrogen) atoms. The Balaban J connectivity index is 1.67. The van der Waals surface area contributed by atoms with Crippen molar-refractivity contribution in [3.8, 4) is 0 Å². The summed E-state index contributed by atoms with van der Waals surface area (Å²) in [5.74, 6) is 0.723. The van der Waals surface area contributed by atoms with Crippen molar-refractivity contribution in [1.29, 1.82) is 0 Å². The highest BCUT2D eigenvalue weighted by Crippen LogP contribution is 2.25. The van der Waals surface area contributed by atoms with Gasteiger partial charge in [0.15, 0.2) is 0 Å². The van der Waals surface area contributed by atoms with Gasteiger partial charge in [0.05, 0.1) is 6.33 Å². The predicted octanol–water partition coefficient (Wildman–Crippen LogP) is 6.46. The summed E-state index contributed by atoms with van der Waals surface area (Å²) in [5.41, 5.74) is 10.1. The predicted molar refractivity (Wildman–Crippen MR) is 119 cm³/mol. The SMILES string of the molecule is Cc1cccc(C)c1CCC(CCc1cnc[nH]1)CCc1c(C)cccc1C. The molecular weight excluding hydrogens is 340 g/mol. The summed E-state index contributed by atoms with van der Waals surface area (Å²) in [4.78, 5) is 7.44. The second-order valence-electron chi connectivity index (χ2n) is 8.30. The van der Waals surface area contributed by atoms with E-state index in [2.05, 4.69) is 74.1 Å². The molecule has 2 heteroatoms. The van der Waals surface area contributed by atoms with Crippen LogP contribution in [0.2, 0.25) is 0 Å². The van der Waals surface area contributed by atoms with Gasteiger partial charge in [-0.05, 0) is 106 Å². The molecule has 0 aliphatic heterocycles. The molecule has 0 radical (unpaired) electrons. The second kappa shape index (κ2) is 9.73. The molecular formula is C26H34N2. The third-order valence-electron chi connectivity index (χ3n) is 6.27. The summed E-state index contributed by atoms with van der Waals surface area (Å²) in [6.45, 7) is 8.99. The third kappa shape index (κ3) is 5.34. The molecule has 3 aromatic rings. The van der Waals surface area contributed by atoms with Crippen molar-refractivity contribution in [1.82, 2.24) is 9.97 Å². The van der Waals surface area contributed by atoms with Crippen LogP contribution >= 0.6 is 0 Å². The molecule has 0 aliphatic rings. The summed E-state index contributed by atoms with van der Waals surface area (Å²) in [5, 5.41) is 0. The molecule has 0 saturated carbocycles. The van der Waals surface area contributed by atoms with E-state index in [0.29, 0.717) is 0 Å². The number of aryl methyl sites for hydroxylation is 5. The number of aromatic amines is 1. The molecule has 1 heterocycles. The molecule has 3 rings (SSSR count). The van der Waals surface area contributed by atoms with Gasteiger partial charge in [-0.1, -0.05) is 36.4 Å². The van der Waals surface area contributed by atoms with Crippen LogP contribution in [0.25, 0.3) is 0 Å². The van der Waals surface area contributed by atoms with Gasteiger partial charge in [0.25, 0.3) is 0 Å². The molecule has 0 fully saturated rings. The second-order valence-corrected chi connectivity index (χ2v) is 8.30. The minimum Gasteiger partial charge on any atom is -0.348 e. The number of nitrogens with zero attached hydrogens (tertiary/aromatic N) is 1. The largest absolute Gasteiger partial charge is 0.348 e. The van der Waals surface area contributed by atoms with E-state index in [1.165, 1.54) is 60.1 Å². The maximum atomic E-state index is 4.18. The van der Waals surface area contributed by atoms with E-state index >= 15 is 0 Å². The molecule has 148 valence electrons. The minimum absolute atomic E-state index is 0.723. The first kappa shape index (κ1) is 20.4. The van der Waals surface area contributed by atoms with E-state index in [0.717, 1.165) is 12.3 Å². The fourth-order valence-electron chi connectivity index (χ4n) is 4.40. The standard InChI is InChI=1S/C26H34N2/c1-19-7-5-8-20(2)25(19)15-12-23(11-14-24-17-27-18-28-24)13-16-26-21(3)9-6-10-22(26)4/h5-10,17-18,23H,11-16H2,1-4H3,(H,27,28). The first-order chi connectivity index (χ1) is 13.5. The van der Waals surface area contributed by atoms with Gasteiger partial charge in [-0.15, -0.1) is 0 Å². The van der Waals surface area contributed by atoms with Crippen LogP contribution in [-0.2, 0) is 19.3 Å². The summed E-state index contributed by atoms with van der Waals surface area (Å²) in [6.07, 6.45) is 10.9. The van der Waals surface area contributed by atoms with E-state index < -0.39 is 0 Å². The van der Waals surface area contributed by atoms with Crippen molar-refractivity contribution >= 4 is 0 Å². The van der Waals surface area contributed by atoms with Crippen molar-refractivity contribution in [3.05, 3.63) is 88.0 Å². The van der Waals surface area contributed by atoms with Crippen molar-refractivity contribution in [3.63, 3.8) is 0 Å². The zero-order chi connectivity index (χ0) is 19.9. The first-order valence-corrected chi connectivity index (χ1v) is 10.6. The smallest absolute Gasteiger partial charge is 0.0921 e. The van der Waals surface area contributed by atoms with Crippen LogP contribution in [0.4, 0.5) is 0 Å². The Bertz CT molecular complexity index is 781. The monoisotopic (exact) mass is 374 g/mol. The van der Waals surface area contributed by atoms with E-state index in [1.54, 1.807) is 17.5 Å². The molecule has 0 saturated heterocycles. The highest BCUT2D eigenvalue weighted by Gasteiger charge is 2.14. The number of hydrogen-bond acceptors (Lipinski definition) is 1. The molecule has 0 aliphatic carbocycles. The average Bonchev–Trinajstić information content (AvgIpc) is 3.18. The Kier molecular flexibility index (Phi) is 7.08. The van der Waals surface area contributed by atoms with Crippen LogP contribution in [-0.4, -0.2) is 9.97 Å². The lowest BCUT2D eigenvalue weighted by Crippen LogP contribution is -2.08. The van der Waals surface area contributed by atoms with E-state index in [4.69, 9.17) is 0 Å². The zero-order valence-corrected chi connectivity index (χ0v) is 17.9. The fraction of sp³-hybridized carbons (Fsp3) is 0.423. The lowest BCUT2D eigenvalue weighted by molar-refractivity contribution is 0.418.